The fourth-order valence-corrected chi connectivity index (χ4v) is 3.10. The van der Waals surface area contributed by atoms with E-state index in [-0.39, 0.29) is 24.7 Å². The van der Waals surface area contributed by atoms with Crippen molar-refractivity contribution in [3.05, 3.63) is 29.3 Å². The molecule has 2 rings (SSSR count). The highest BCUT2D eigenvalue weighted by atomic mass is 16.5. The predicted octanol–water partition coefficient (Wildman–Crippen LogP) is 2.39. The average Bonchev–Trinajstić information content (AvgIpc) is 2.89. The second-order valence-corrected chi connectivity index (χ2v) is 6.25. The molecule has 5 heteroatoms. The third-order valence-corrected chi connectivity index (χ3v) is 4.06. The van der Waals surface area contributed by atoms with Gasteiger partial charge in [-0.3, -0.25) is 0 Å². The van der Waals surface area contributed by atoms with E-state index in [2.05, 4.69) is 24.5 Å². The molecule has 0 heterocycles. The highest BCUT2D eigenvalue weighted by molar-refractivity contribution is 5.75. The Morgan fingerprint density at radius 3 is 2.86 bits per heavy atom. The molecule has 0 saturated heterocycles. The first-order valence-corrected chi connectivity index (χ1v) is 7.88. The number of methoxy groups -OCH3 is 1. The lowest BCUT2D eigenvalue weighted by molar-refractivity contribution is 0.204. The van der Waals surface area contributed by atoms with Gasteiger partial charge in [-0.25, -0.2) is 4.79 Å². The number of amides is 2. The minimum absolute atomic E-state index is 0.00323. The quantitative estimate of drug-likeness (QED) is 0.756. The number of fused-ring (bicyclic) bond motifs is 1. The van der Waals surface area contributed by atoms with Crippen molar-refractivity contribution < 1.29 is 14.6 Å². The molecule has 1 aliphatic carbocycles. The molecule has 0 aromatic heterocycles. The zero-order chi connectivity index (χ0) is 16.1. The van der Waals surface area contributed by atoms with Crippen LogP contribution in [0.2, 0.25) is 0 Å². The summed E-state index contributed by atoms with van der Waals surface area (Å²) in [6, 6.07) is 5.51. The van der Waals surface area contributed by atoms with E-state index in [4.69, 9.17) is 4.74 Å². The maximum atomic E-state index is 12.1. The highest BCUT2D eigenvalue weighted by Crippen LogP contribution is 2.36. The summed E-state index contributed by atoms with van der Waals surface area (Å²) in [6.45, 7) is 4.10. The van der Waals surface area contributed by atoms with Crippen LogP contribution in [0.25, 0.3) is 0 Å². The Kier molecular flexibility index (Phi) is 5.66. The second-order valence-electron chi connectivity index (χ2n) is 6.25. The van der Waals surface area contributed by atoms with Gasteiger partial charge in [0.15, 0.2) is 0 Å². The van der Waals surface area contributed by atoms with E-state index in [1.165, 1.54) is 5.56 Å². The number of hydrogen-bond acceptors (Lipinski definition) is 3. The summed E-state index contributed by atoms with van der Waals surface area (Å²) in [7, 11) is 1.67. The largest absolute Gasteiger partial charge is 0.496 e. The Hall–Kier alpha value is -1.75. The van der Waals surface area contributed by atoms with Crippen LogP contribution in [-0.2, 0) is 6.42 Å². The molecular weight excluding hydrogens is 280 g/mol. The normalized spacial score (nSPS) is 18.0. The summed E-state index contributed by atoms with van der Waals surface area (Å²) in [5.74, 6) is 1.31. The number of rotatable bonds is 6. The van der Waals surface area contributed by atoms with Gasteiger partial charge in [-0.15, -0.1) is 0 Å². The number of carbonyl (C=O) groups is 1. The molecular formula is C17H26N2O3. The van der Waals surface area contributed by atoms with Crippen LogP contribution >= 0.6 is 0 Å². The molecule has 2 unspecified atom stereocenters. The zero-order valence-corrected chi connectivity index (χ0v) is 13.6. The molecule has 1 aliphatic rings. The van der Waals surface area contributed by atoms with Gasteiger partial charge in [0.2, 0.25) is 0 Å². The molecule has 0 radical (unpaired) electrons. The van der Waals surface area contributed by atoms with E-state index >= 15 is 0 Å². The molecule has 22 heavy (non-hydrogen) atoms. The molecule has 0 bridgehead atoms. The topological polar surface area (TPSA) is 70.6 Å². The monoisotopic (exact) mass is 306 g/mol. The number of aliphatic hydroxyl groups is 1. The van der Waals surface area contributed by atoms with Crippen LogP contribution in [0.4, 0.5) is 4.79 Å². The number of ether oxygens (including phenoxy) is 1. The molecule has 2 atom stereocenters. The van der Waals surface area contributed by atoms with E-state index in [1.54, 1.807) is 7.11 Å². The van der Waals surface area contributed by atoms with Crippen LogP contribution in [0.3, 0.4) is 0 Å². The lowest BCUT2D eigenvalue weighted by atomic mass is 10.0. The third-order valence-electron chi connectivity index (χ3n) is 4.06. The summed E-state index contributed by atoms with van der Waals surface area (Å²) in [5.41, 5.74) is 2.30. The van der Waals surface area contributed by atoms with Gasteiger partial charge in [-0.2, -0.15) is 0 Å². The molecule has 1 aromatic rings. The molecule has 0 spiro atoms. The summed E-state index contributed by atoms with van der Waals surface area (Å²) in [4.78, 5) is 12.1. The number of hydrogen-bond donors (Lipinski definition) is 3. The summed E-state index contributed by atoms with van der Waals surface area (Å²) in [5, 5.41) is 15.2. The number of urea groups is 1. The predicted molar refractivity (Wildman–Crippen MR) is 86.1 cm³/mol. The first-order chi connectivity index (χ1) is 10.5. The van der Waals surface area contributed by atoms with Crippen molar-refractivity contribution in [2.75, 3.05) is 13.7 Å². The summed E-state index contributed by atoms with van der Waals surface area (Å²) in [6.07, 6.45) is 2.54. The fourth-order valence-electron chi connectivity index (χ4n) is 3.10. The van der Waals surface area contributed by atoms with Gasteiger partial charge in [-0.05, 0) is 42.4 Å². The standard InChI is InChI=1S/C17H26N2O3/c1-11(2)9-12(10-20)18-17(21)19-15-8-7-14-13(15)5-4-6-16(14)22-3/h4-6,11-12,15,20H,7-10H2,1-3H3,(H2,18,19,21). The van der Waals surface area contributed by atoms with Crippen molar-refractivity contribution in [1.29, 1.82) is 0 Å². The van der Waals surface area contributed by atoms with Crippen LogP contribution in [0.15, 0.2) is 18.2 Å². The van der Waals surface area contributed by atoms with Crippen molar-refractivity contribution in [2.45, 2.75) is 45.2 Å². The number of aliphatic hydroxyl groups excluding tert-OH is 1. The average molecular weight is 306 g/mol. The Morgan fingerprint density at radius 1 is 1.45 bits per heavy atom. The first kappa shape index (κ1) is 16.6. The summed E-state index contributed by atoms with van der Waals surface area (Å²) >= 11 is 0. The lowest BCUT2D eigenvalue weighted by Crippen LogP contribution is -2.45. The Bertz CT molecular complexity index is 517. The highest BCUT2D eigenvalue weighted by Gasteiger charge is 2.26. The Balaban J connectivity index is 1.97. The van der Waals surface area contributed by atoms with Crippen LogP contribution in [0, 0.1) is 5.92 Å². The van der Waals surface area contributed by atoms with Gasteiger partial charge in [0.1, 0.15) is 5.75 Å². The lowest BCUT2D eigenvalue weighted by Gasteiger charge is -2.21. The maximum absolute atomic E-state index is 12.1. The zero-order valence-electron chi connectivity index (χ0n) is 13.6. The first-order valence-electron chi connectivity index (χ1n) is 7.88. The molecule has 5 nitrogen and oxygen atoms in total. The van der Waals surface area contributed by atoms with Gasteiger partial charge in [-0.1, -0.05) is 26.0 Å². The maximum Gasteiger partial charge on any atom is 0.315 e. The SMILES string of the molecule is COc1cccc2c1CCC2NC(=O)NC(CO)CC(C)C. The molecule has 2 amide bonds. The van der Waals surface area contributed by atoms with Gasteiger partial charge < -0.3 is 20.5 Å². The van der Waals surface area contributed by atoms with E-state index < -0.39 is 0 Å². The van der Waals surface area contributed by atoms with Crippen molar-refractivity contribution in [2.24, 2.45) is 5.92 Å². The van der Waals surface area contributed by atoms with Crippen LogP contribution < -0.4 is 15.4 Å². The molecule has 1 aromatic carbocycles. The molecule has 0 saturated carbocycles. The molecule has 3 N–H and O–H groups in total. The second kappa shape index (κ2) is 7.49. The van der Waals surface area contributed by atoms with Crippen molar-refractivity contribution in [1.82, 2.24) is 10.6 Å². The Morgan fingerprint density at radius 2 is 2.23 bits per heavy atom. The minimum atomic E-state index is -0.222. The van der Waals surface area contributed by atoms with Crippen molar-refractivity contribution in [3.63, 3.8) is 0 Å². The Labute approximate surface area is 132 Å². The van der Waals surface area contributed by atoms with Crippen LogP contribution in [-0.4, -0.2) is 30.9 Å². The van der Waals surface area contributed by atoms with E-state index in [1.807, 2.05) is 18.2 Å². The van der Waals surface area contributed by atoms with Crippen LogP contribution in [0.1, 0.15) is 43.9 Å². The third kappa shape index (κ3) is 3.91. The molecule has 0 fully saturated rings. The van der Waals surface area contributed by atoms with Crippen molar-refractivity contribution >= 4 is 6.03 Å². The van der Waals surface area contributed by atoms with Gasteiger partial charge in [0.05, 0.1) is 25.8 Å². The van der Waals surface area contributed by atoms with Gasteiger partial charge in [0, 0.05) is 0 Å². The van der Waals surface area contributed by atoms with E-state index in [0.29, 0.717) is 5.92 Å². The molecule has 122 valence electrons. The molecule has 0 aliphatic heterocycles. The van der Waals surface area contributed by atoms with E-state index in [0.717, 1.165) is 30.6 Å². The number of benzene rings is 1. The number of carbonyl (C=O) groups excluding carboxylic acids is 1. The van der Waals surface area contributed by atoms with Gasteiger partial charge in [0.25, 0.3) is 0 Å². The fraction of sp³-hybridized carbons (Fsp3) is 0.588. The smallest absolute Gasteiger partial charge is 0.315 e. The van der Waals surface area contributed by atoms with Crippen molar-refractivity contribution in [3.8, 4) is 5.75 Å². The van der Waals surface area contributed by atoms with E-state index in [9.17, 15) is 9.90 Å². The number of nitrogens with one attached hydrogen (secondary N) is 2. The summed E-state index contributed by atoms with van der Waals surface area (Å²) < 4.78 is 5.37. The van der Waals surface area contributed by atoms with Crippen LogP contribution in [0.5, 0.6) is 5.75 Å². The van der Waals surface area contributed by atoms with Gasteiger partial charge >= 0.3 is 6.03 Å². The minimum Gasteiger partial charge on any atom is -0.496 e.